The van der Waals surface area contributed by atoms with Gasteiger partial charge in [-0.2, -0.15) is 0 Å². The van der Waals surface area contributed by atoms with Gasteiger partial charge in [0.05, 0.1) is 11.1 Å². The van der Waals surface area contributed by atoms with Crippen molar-refractivity contribution in [2.24, 2.45) is 7.05 Å². The lowest BCUT2D eigenvalue weighted by Gasteiger charge is -2.10. The zero-order valence-corrected chi connectivity index (χ0v) is 13.6. The van der Waals surface area contributed by atoms with Gasteiger partial charge in [-0.3, -0.25) is 14.3 Å². The van der Waals surface area contributed by atoms with Gasteiger partial charge in [0.15, 0.2) is 0 Å². The second-order valence-electron chi connectivity index (χ2n) is 5.81. The Bertz CT molecular complexity index is 1180. The second-order valence-corrected chi connectivity index (χ2v) is 5.81. The summed E-state index contributed by atoms with van der Waals surface area (Å²) in [5, 5.41) is 0.410. The van der Waals surface area contributed by atoms with E-state index in [-0.39, 0.29) is 5.56 Å². The van der Waals surface area contributed by atoms with E-state index in [9.17, 15) is 9.59 Å². The van der Waals surface area contributed by atoms with E-state index in [1.807, 2.05) is 66.7 Å². The first-order chi connectivity index (χ1) is 12.1. The van der Waals surface area contributed by atoms with Crippen molar-refractivity contribution < 1.29 is 0 Å². The van der Waals surface area contributed by atoms with Crippen molar-refractivity contribution >= 4 is 11.0 Å². The smallest absolute Gasteiger partial charge is 0.291 e. The van der Waals surface area contributed by atoms with Crippen LogP contribution in [-0.2, 0) is 7.05 Å². The van der Waals surface area contributed by atoms with Crippen LogP contribution in [0.15, 0.2) is 76.3 Å². The average Bonchev–Trinajstić information content (AvgIpc) is 2.66. The molecule has 0 saturated carbocycles. The quantitative estimate of drug-likeness (QED) is 0.615. The maximum atomic E-state index is 12.7. The molecule has 0 radical (unpaired) electrons. The van der Waals surface area contributed by atoms with Crippen LogP contribution < -0.4 is 11.2 Å². The summed E-state index contributed by atoms with van der Waals surface area (Å²) in [4.78, 5) is 32.0. The fraction of sp³-hybridized carbons (Fsp3) is 0.0500. The predicted octanol–water partition coefficient (Wildman–Crippen LogP) is 2.96. The molecule has 4 rings (SSSR count). The van der Waals surface area contributed by atoms with Crippen molar-refractivity contribution in [3.05, 3.63) is 87.6 Å². The van der Waals surface area contributed by atoms with Gasteiger partial charge in [-0.15, -0.1) is 0 Å². The Morgan fingerprint density at radius 3 is 2.12 bits per heavy atom. The molecule has 0 saturated heterocycles. The van der Waals surface area contributed by atoms with Crippen LogP contribution >= 0.6 is 0 Å². The monoisotopic (exact) mass is 329 g/mol. The van der Waals surface area contributed by atoms with E-state index < -0.39 is 5.69 Å². The van der Waals surface area contributed by atoms with Gasteiger partial charge < -0.3 is 0 Å². The summed E-state index contributed by atoms with van der Waals surface area (Å²) in [5.74, 6) is 0. The van der Waals surface area contributed by atoms with Gasteiger partial charge in [-0.25, -0.2) is 9.78 Å². The molecule has 0 unspecified atom stereocenters. The van der Waals surface area contributed by atoms with E-state index in [0.29, 0.717) is 16.7 Å². The summed E-state index contributed by atoms with van der Waals surface area (Å²) < 4.78 is 1.07. The molecule has 5 nitrogen and oxygen atoms in total. The Hall–Kier alpha value is -3.47. The van der Waals surface area contributed by atoms with Crippen LogP contribution in [0.2, 0.25) is 0 Å². The number of aromatic amines is 1. The topological polar surface area (TPSA) is 67.8 Å². The third kappa shape index (κ3) is 2.55. The highest BCUT2D eigenvalue weighted by molar-refractivity contribution is 5.94. The van der Waals surface area contributed by atoms with Crippen LogP contribution in [0.5, 0.6) is 0 Å². The molecule has 0 aliphatic rings. The largest absolute Gasteiger partial charge is 0.329 e. The van der Waals surface area contributed by atoms with Gasteiger partial charge in [0.25, 0.3) is 5.56 Å². The number of nitrogens with one attached hydrogen (secondary N) is 1. The minimum Gasteiger partial charge on any atom is -0.291 e. The fourth-order valence-electron chi connectivity index (χ4n) is 2.90. The van der Waals surface area contributed by atoms with E-state index >= 15 is 0 Å². The molecular formula is C20H15N3O2. The Labute approximate surface area is 143 Å². The Morgan fingerprint density at radius 1 is 0.880 bits per heavy atom. The SMILES string of the molecule is Cn1c(=O)[nH]c2nc(-c3ccccc3)cc(-c3ccccc3)c2c1=O. The Balaban J connectivity index is 2.15. The van der Waals surface area contributed by atoms with Crippen LogP contribution in [0, 0.1) is 0 Å². The van der Waals surface area contributed by atoms with Gasteiger partial charge >= 0.3 is 5.69 Å². The molecule has 0 fully saturated rings. The fourth-order valence-corrected chi connectivity index (χ4v) is 2.90. The molecule has 0 aliphatic heterocycles. The maximum absolute atomic E-state index is 12.7. The number of hydrogen-bond donors (Lipinski definition) is 1. The predicted molar refractivity (Wildman–Crippen MR) is 98.5 cm³/mol. The van der Waals surface area contributed by atoms with Crippen molar-refractivity contribution in [2.45, 2.75) is 0 Å². The molecule has 2 heterocycles. The third-order valence-corrected chi connectivity index (χ3v) is 4.22. The van der Waals surface area contributed by atoms with Crippen LogP contribution in [0.1, 0.15) is 0 Å². The molecule has 0 atom stereocenters. The normalized spacial score (nSPS) is 10.9. The van der Waals surface area contributed by atoms with Gasteiger partial charge in [0.1, 0.15) is 5.65 Å². The molecule has 122 valence electrons. The molecule has 0 amide bonds. The summed E-state index contributed by atoms with van der Waals surface area (Å²) in [6, 6.07) is 21.2. The number of pyridine rings is 1. The number of rotatable bonds is 2. The van der Waals surface area contributed by atoms with Crippen molar-refractivity contribution in [3.8, 4) is 22.4 Å². The maximum Gasteiger partial charge on any atom is 0.329 e. The zero-order valence-electron chi connectivity index (χ0n) is 13.6. The number of benzene rings is 2. The van der Waals surface area contributed by atoms with Crippen molar-refractivity contribution in [3.63, 3.8) is 0 Å². The van der Waals surface area contributed by atoms with Crippen molar-refractivity contribution in [1.29, 1.82) is 0 Å². The number of hydrogen-bond acceptors (Lipinski definition) is 3. The molecule has 4 aromatic rings. The summed E-state index contributed by atoms with van der Waals surface area (Å²) >= 11 is 0. The van der Waals surface area contributed by atoms with Crippen LogP contribution in [0.3, 0.4) is 0 Å². The molecule has 2 aromatic carbocycles. The van der Waals surface area contributed by atoms with E-state index in [0.717, 1.165) is 21.3 Å². The van der Waals surface area contributed by atoms with Crippen molar-refractivity contribution in [1.82, 2.24) is 14.5 Å². The standard InChI is InChI=1S/C20H15N3O2/c1-23-19(24)17-15(13-8-4-2-5-9-13)12-16(14-10-6-3-7-11-14)21-18(17)22-20(23)25/h2-12H,1H3,(H,21,22,25). The summed E-state index contributed by atoms with van der Waals surface area (Å²) in [6.45, 7) is 0. The molecule has 0 spiro atoms. The average molecular weight is 329 g/mol. The molecular weight excluding hydrogens is 314 g/mol. The first kappa shape index (κ1) is 15.1. The summed E-state index contributed by atoms with van der Waals surface area (Å²) in [6.07, 6.45) is 0. The minimum atomic E-state index is -0.478. The highest BCUT2D eigenvalue weighted by atomic mass is 16.2. The van der Waals surface area contributed by atoms with Crippen LogP contribution in [0.25, 0.3) is 33.4 Å². The van der Waals surface area contributed by atoms with Gasteiger partial charge in [-0.1, -0.05) is 60.7 Å². The van der Waals surface area contributed by atoms with E-state index in [1.54, 1.807) is 0 Å². The lowest BCUT2D eigenvalue weighted by molar-refractivity contribution is 0.791. The second kappa shape index (κ2) is 5.87. The molecule has 25 heavy (non-hydrogen) atoms. The summed E-state index contributed by atoms with van der Waals surface area (Å²) in [7, 11) is 1.46. The lowest BCUT2D eigenvalue weighted by atomic mass is 10.0. The molecule has 0 bridgehead atoms. The van der Waals surface area contributed by atoms with Gasteiger partial charge in [0, 0.05) is 18.2 Å². The molecule has 2 aromatic heterocycles. The molecule has 5 heteroatoms. The van der Waals surface area contributed by atoms with E-state index in [2.05, 4.69) is 9.97 Å². The number of H-pyrrole nitrogens is 1. The highest BCUT2D eigenvalue weighted by Crippen LogP contribution is 2.29. The first-order valence-electron chi connectivity index (χ1n) is 7.90. The Morgan fingerprint density at radius 2 is 1.48 bits per heavy atom. The Kier molecular flexibility index (Phi) is 3.54. The zero-order chi connectivity index (χ0) is 17.4. The highest BCUT2D eigenvalue weighted by Gasteiger charge is 2.15. The molecule has 0 aliphatic carbocycles. The number of aromatic nitrogens is 3. The molecule has 1 N–H and O–H groups in total. The minimum absolute atomic E-state index is 0.299. The van der Waals surface area contributed by atoms with Gasteiger partial charge in [0.2, 0.25) is 0 Å². The number of nitrogens with zero attached hydrogens (tertiary/aromatic N) is 2. The lowest BCUT2D eigenvalue weighted by Crippen LogP contribution is -2.33. The van der Waals surface area contributed by atoms with Crippen LogP contribution in [0.4, 0.5) is 0 Å². The van der Waals surface area contributed by atoms with E-state index in [1.165, 1.54) is 7.05 Å². The van der Waals surface area contributed by atoms with E-state index in [4.69, 9.17) is 0 Å². The van der Waals surface area contributed by atoms with Crippen molar-refractivity contribution in [2.75, 3.05) is 0 Å². The summed E-state index contributed by atoms with van der Waals surface area (Å²) in [5.41, 5.74) is 2.74. The third-order valence-electron chi connectivity index (χ3n) is 4.22. The van der Waals surface area contributed by atoms with Crippen LogP contribution in [-0.4, -0.2) is 14.5 Å². The number of fused-ring (bicyclic) bond motifs is 1. The first-order valence-corrected chi connectivity index (χ1v) is 7.90. The van der Waals surface area contributed by atoms with Gasteiger partial charge in [-0.05, 0) is 11.6 Å².